The summed E-state index contributed by atoms with van der Waals surface area (Å²) in [7, 11) is 0. The van der Waals surface area contributed by atoms with Crippen molar-refractivity contribution >= 4 is 33.3 Å². The molecule has 0 bridgehead atoms. The van der Waals surface area contributed by atoms with Gasteiger partial charge in [-0.2, -0.15) is 5.26 Å². The SMILES string of the molecule is Cc1nc(SCCCC#N)c2c(-c3ccccc3)csc2n1. The van der Waals surface area contributed by atoms with Crippen LogP contribution < -0.4 is 0 Å². The molecule has 22 heavy (non-hydrogen) atoms. The van der Waals surface area contributed by atoms with E-state index >= 15 is 0 Å². The summed E-state index contributed by atoms with van der Waals surface area (Å²) in [5, 5.41) is 13.0. The zero-order valence-corrected chi connectivity index (χ0v) is 13.9. The van der Waals surface area contributed by atoms with Crippen molar-refractivity contribution < 1.29 is 0 Å². The van der Waals surface area contributed by atoms with Crippen LogP contribution in [0, 0.1) is 18.3 Å². The van der Waals surface area contributed by atoms with Crippen molar-refractivity contribution in [1.82, 2.24) is 9.97 Å². The Bertz CT molecular complexity index is 819. The number of benzene rings is 1. The number of thiophene rings is 1. The topological polar surface area (TPSA) is 49.6 Å². The largest absolute Gasteiger partial charge is 0.226 e. The maximum absolute atomic E-state index is 8.66. The van der Waals surface area contributed by atoms with Crippen molar-refractivity contribution in [2.75, 3.05) is 5.75 Å². The minimum absolute atomic E-state index is 0.593. The summed E-state index contributed by atoms with van der Waals surface area (Å²) >= 11 is 3.39. The van der Waals surface area contributed by atoms with E-state index in [1.165, 1.54) is 11.1 Å². The highest BCUT2D eigenvalue weighted by Gasteiger charge is 2.14. The smallest absolute Gasteiger partial charge is 0.128 e. The van der Waals surface area contributed by atoms with Gasteiger partial charge in [-0.1, -0.05) is 30.3 Å². The van der Waals surface area contributed by atoms with Crippen molar-refractivity contribution in [3.05, 3.63) is 41.5 Å². The van der Waals surface area contributed by atoms with Crippen LogP contribution in [0.5, 0.6) is 0 Å². The number of fused-ring (bicyclic) bond motifs is 1. The lowest BCUT2D eigenvalue weighted by Gasteiger charge is -2.06. The minimum atomic E-state index is 0.593. The second kappa shape index (κ2) is 6.91. The second-order valence-electron chi connectivity index (χ2n) is 4.88. The average Bonchev–Trinajstić information content (AvgIpc) is 2.96. The molecule has 5 heteroatoms. The molecule has 0 unspecified atom stereocenters. The van der Waals surface area contributed by atoms with Gasteiger partial charge in [-0.05, 0) is 18.9 Å². The number of aryl methyl sites for hydroxylation is 1. The molecule has 0 amide bonds. The van der Waals surface area contributed by atoms with E-state index in [0.29, 0.717) is 6.42 Å². The standard InChI is InChI=1S/C17H15N3S2/c1-12-19-16(21-10-6-5-9-18)15-14(11-22-17(15)20-12)13-7-3-2-4-8-13/h2-4,7-8,11H,5-6,10H2,1H3. The molecule has 2 heterocycles. The van der Waals surface area contributed by atoms with Crippen molar-refractivity contribution in [3.63, 3.8) is 0 Å². The number of aromatic nitrogens is 2. The number of rotatable bonds is 5. The Morgan fingerprint density at radius 1 is 1.23 bits per heavy atom. The Hall–Kier alpha value is -1.90. The molecule has 0 N–H and O–H groups in total. The molecule has 3 rings (SSSR count). The molecule has 3 aromatic rings. The lowest BCUT2D eigenvalue weighted by Crippen LogP contribution is -1.92. The summed E-state index contributed by atoms with van der Waals surface area (Å²) in [4.78, 5) is 10.2. The van der Waals surface area contributed by atoms with Gasteiger partial charge in [0.25, 0.3) is 0 Å². The van der Waals surface area contributed by atoms with Gasteiger partial charge in [0, 0.05) is 23.1 Å². The van der Waals surface area contributed by atoms with Crippen molar-refractivity contribution in [1.29, 1.82) is 5.26 Å². The van der Waals surface area contributed by atoms with Crippen LogP contribution in [0.15, 0.2) is 40.7 Å². The van der Waals surface area contributed by atoms with E-state index in [2.05, 4.69) is 33.5 Å². The van der Waals surface area contributed by atoms with E-state index in [1.54, 1.807) is 23.1 Å². The van der Waals surface area contributed by atoms with Crippen LogP contribution in [-0.4, -0.2) is 15.7 Å². The molecule has 0 saturated heterocycles. The Balaban J connectivity index is 2.03. The van der Waals surface area contributed by atoms with E-state index in [1.807, 2.05) is 25.1 Å². The van der Waals surface area contributed by atoms with Gasteiger partial charge in [0.2, 0.25) is 0 Å². The van der Waals surface area contributed by atoms with Crippen LogP contribution in [0.2, 0.25) is 0 Å². The van der Waals surface area contributed by atoms with Gasteiger partial charge in [-0.25, -0.2) is 9.97 Å². The number of thioether (sulfide) groups is 1. The molecule has 110 valence electrons. The van der Waals surface area contributed by atoms with Crippen molar-refractivity contribution in [2.24, 2.45) is 0 Å². The highest BCUT2D eigenvalue weighted by Crippen LogP contribution is 2.38. The zero-order chi connectivity index (χ0) is 15.4. The Morgan fingerprint density at radius 3 is 2.82 bits per heavy atom. The fourth-order valence-electron chi connectivity index (χ4n) is 2.27. The normalized spacial score (nSPS) is 10.7. The fourth-order valence-corrected chi connectivity index (χ4v) is 4.35. The number of unbranched alkanes of at least 4 members (excludes halogenated alkanes) is 1. The van der Waals surface area contributed by atoms with E-state index in [0.717, 1.165) is 33.2 Å². The quantitative estimate of drug-likeness (QED) is 0.373. The summed E-state index contributed by atoms with van der Waals surface area (Å²) in [6.45, 7) is 1.93. The molecule has 0 saturated carbocycles. The van der Waals surface area contributed by atoms with Gasteiger partial charge in [0.1, 0.15) is 15.7 Å². The molecule has 1 aromatic carbocycles. The first-order valence-corrected chi connectivity index (χ1v) is 8.97. The van der Waals surface area contributed by atoms with Gasteiger partial charge in [0.05, 0.1) is 11.5 Å². The predicted octanol–water partition coefficient (Wildman–Crippen LogP) is 5.06. The van der Waals surface area contributed by atoms with Crippen LogP contribution in [0.3, 0.4) is 0 Å². The van der Waals surface area contributed by atoms with Crippen LogP contribution in [0.25, 0.3) is 21.3 Å². The Morgan fingerprint density at radius 2 is 2.05 bits per heavy atom. The molecular formula is C17H15N3S2. The highest BCUT2D eigenvalue weighted by molar-refractivity contribution is 7.99. The summed E-state index contributed by atoms with van der Waals surface area (Å²) in [6.07, 6.45) is 1.48. The fraction of sp³-hybridized carbons (Fsp3) is 0.235. The molecule has 0 atom stereocenters. The minimum Gasteiger partial charge on any atom is -0.226 e. The third-order valence-corrected chi connectivity index (χ3v) is 5.20. The van der Waals surface area contributed by atoms with Crippen LogP contribution in [0.1, 0.15) is 18.7 Å². The Kier molecular flexibility index (Phi) is 4.71. The van der Waals surface area contributed by atoms with E-state index in [4.69, 9.17) is 5.26 Å². The average molecular weight is 325 g/mol. The lowest BCUT2D eigenvalue weighted by atomic mass is 10.1. The molecular weight excluding hydrogens is 310 g/mol. The van der Waals surface area contributed by atoms with Crippen molar-refractivity contribution in [2.45, 2.75) is 24.8 Å². The first-order valence-electron chi connectivity index (χ1n) is 7.10. The van der Waals surface area contributed by atoms with Crippen molar-refractivity contribution in [3.8, 4) is 17.2 Å². The number of nitriles is 1. The summed E-state index contributed by atoms with van der Waals surface area (Å²) in [5.74, 6) is 1.71. The maximum atomic E-state index is 8.66. The second-order valence-corrected chi connectivity index (χ2v) is 6.82. The van der Waals surface area contributed by atoms with Crippen LogP contribution in [0.4, 0.5) is 0 Å². The summed E-state index contributed by atoms with van der Waals surface area (Å²) in [6, 6.07) is 12.5. The molecule has 0 aliphatic heterocycles. The third kappa shape index (κ3) is 3.13. The molecule has 0 aliphatic carbocycles. The third-order valence-electron chi connectivity index (χ3n) is 3.27. The van der Waals surface area contributed by atoms with Gasteiger partial charge >= 0.3 is 0 Å². The first-order chi connectivity index (χ1) is 10.8. The molecule has 2 aromatic heterocycles. The zero-order valence-electron chi connectivity index (χ0n) is 12.2. The number of hydrogen-bond acceptors (Lipinski definition) is 5. The predicted molar refractivity (Wildman–Crippen MR) is 93.2 cm³/mol. The van der Waals surface area contributed by atoms with Crippen LogP contribution in [-0.2, 0) is 0 Å². The van der Waals surface area contributed by atoms with Crippen LogP contribution >= 0.6 is 23.1 Å². The summed E-state index contributed by atoms with van der Waals surface area (Å²) in [5.41, 5.74) is 2.39. The lowest BCUT2D eigenvalue weighted by molar-refractivity contribution is 0.971. The molecule has 0 spiro atoms. The number of nitrogens with zero attached hydrogens (tertiary/aromatic N) is 3. The van der Waals surface area contributed by atoms with Gasteiger partial charge in [-0.3, -0.25) is 0 Å². The highest BCUT2D eigenvalue weighted by atomic mass is 32.2. The summed E-state index contributed by atoms with van der Waals surface area (Å²) < 4.78 is 0. The van der Waals surface area contributed by atoms with Gasteiger partial charge in [-0.15, -0.1) is 23.1 Å². The first kappa shape index (κ1) is 15.0. The molecule has 0 aliphatic rings. The van der Waals surface area contributed by atoms with E-state index in [9.17, 15) is 0 Å². The molecule has 3 nitrogen and oxygen atoms in total. The van der Waals surface area contributed by atoms with E-state index in [-0.39, 0.29) is 0 Å². The number of hydrogen-bond donors (Lipinski definition) is 0. The van der Waals surface area contributed by atoms with Gasteiger partial charge in [0.15, 0.2) is 0 Å². The van der Waals surface area contributed by atoms with E-state index < -0.39 is 0 Å². The molecule has 0 radical (unpaired) electrons. The van der Waals surface area contributed by atoms with Gasteiger partial charge < -0.3 is 0 Å². The maximum Gasteiger partial charge on any atom is 0.128 e. The Labute approximate surface area is 138 Å². The monoisotopic (exact) mass is 325 g/mol. The molecule has 0 fully saturated rings.